The van der Waals surface area contributed by atoms with Gasteiger partial charge in [-0.25, -0.2) is 0 Å². The monoisotopic (exact) mass is 398 g/mol. The van der Waals surface area contributed by atoms with Gasteiger partial charge in [0.05, 0.1) is 12.0 Å². The van der Waals surface area contributed by atoms with E-state index in [0.29, 0.717) is 13.0 Å². The second-order valence-electron chi connectivity index (χ2n) is 9.12. The molecule has 3 aliphatic rings. The number of benzene rings is 1. The molecule has 2 aliphatic heterocycles. The van der Waals surface area contributed by atoms with Gasteiger partial charge in [0.1, 0.15) is 0 Å². The van der Waals surface area contributed by atoms with Crippen molar-refractivity contribution in [1.82, 2.24) is 10.3 Å². The van der Waals surface area contributed by atoms with Crippen molar-refractivity contribution in [3.05, 3.63) is 76.5 Å². The summed E-state index contributed by atoms with van der Waals surface area (Å²) >= 11 is 0. The highest BCUT2D eigenvalue weighted by Crippen LogP contribution is 2.55. The standard InChI is InChI=1S/C25H26N4O/c1-5-25(18-8-6-7-16(12-18)17-9-10-26-15(2)11-17)19-14-27-29-23(19)28-20-13-24(3,4)22(30)21(20)25/h6-12,28H,5,13-14H2,1-4H3/t25-/m1/s1. The molecule has 30 heavy (non-hydrogen) atoms. The van der Waals surface area contributed by atoms with E-state index < -0.39 is 10.8 Å². The minimum atomic E-state index is -0.498. The summed E-state index contributed by atoms with van der Waals surface area (Å²) in [6.07, 6.45) is 3.34. The van der Waals surface area contributed by atoms with Crippen LogP contribution < -0.4 is 5.32 Å². The largest absolute Gasteiger partial charge is 0.342 e. The predicted octanol–water partition coefficient (Wildman–Crippen LogP) is 5.24. The van der Waals surface area contributed by atoms with E-state index in [4.69, 9.17) is 0 Å². The summed E-state index contributed by atoms with van der Waals surface area (Å²) in [5, 5.41) is 12.2. The Morgan fingerprint density at radius 1 is 1.13 bits per heavy atom. The van der Waals surface area contributed by atoms with Crippen molar-refractivity contribution < 1.29 is 4.79 Å². The van der Waals surface area contributed by atoms with Crippen LogP contribution >= 0.6 is 0 Å². The van der Waals surface area contributed by atoms with Gasteiger partial charge in [0, 0.05) is 40.6 Å². The maximum absolute atomic E-state index is 13.6. The molecule has 1 aromatic heterocycles. The number of dihydropyridines is 1. The third-order valence-electron chi connectivity index (χ3n) is 6.77. The Labute approximate surface area is 177 Å². The van der Waals surface area contributed by atoms with Crippen molar-refractivity contribution in [1.29, 1.82) is 0 Å². The number of azo groups is 1. The van der Waals surface area contributed by atoms with Crippen LogP contribution in [0.3, 0.4) is 0 Å². The Balaban J connectivity index is 1.73. The number of allylic oxidation sites excluding steroid dienone is 2. The lowest BCUT2D eigenvalue weighted by atomic mass is 9.63. The van der Waals surface area contributed by atoms with Crippen LogP contribution in [0.5, 0.6) is 0 Å². The normalized spacial score (nSPS) is 24.2. The molecule has 1 atom stereocenters. The molecule has 152 valence electrons. The number of pyridine rings is 1. The Kier molecular flexibility index (Phi) is 4.07. The van der Waals surface area contributed by atoms with Crippen LogP contribution in [0.25, 0.3) is 11.1 Å². The van der Waals surface area contributed by atoms with Crippen molar-refractivity contribution >= 4 is 5.78 Å². The lowest BCUT2D eigenvalue weighted by molar-refractivity contribution is -0.122. The fraction of sp³-hybridized carbons (Fsp3) is 0.360. The molecule has 0 fully saturated rings. The molecule has 0 saturated carbocycles. The van der Waals surface area contributed by atoms with Gasteiger partial charge in [-0.1, -0.05) is 39.0 Å². The predicted molar refractivity (Wildman–Crippen MR) is 117 cm³/mol. The molecule has 0 radical (unpaired) electrons. The molecule has 0 unspecified atom stereocenters. The van der Waals surface area contributed by atoms with Crippen LogP contribution in [0.15, 0.2) is 75.5 Å². The van der Waals surface area contributed by atoms with Crippen molar-refractivity contribution in [2.45, 2.75) is 46.0 Å². The molecule has 5 heteroatoms. The average Bonchev–Trinajstić information content (AvgIpc) is 3.29. The molecule has 5 nitrogen and oxygen atoms in total. The van der Waals surface area contributed by atoms with E-state index in [1.165, 1.54) is 0 Å². The highest BCUT2D eigenvalue weighted by molar-refractivity contribution is 6.06. The molecule has 3 heterocycles. The maximum Gasteiger partial charge on any atom is 0.167 e. The van der Waals surface area contributed by atoms with Gasteiger partial charge in [0.25, 0.3) is 0 Å². The summed E-state index contributed by atoms with van der Waals surface area (Å²) in [5.41, 5.74) is 6.51. The van der Waals surface area contributed by atoms with Crippen molar-refractivity contribution in [2.24, 2.45) is 15.6 Å². The minimum Gasteiger partial charge on any atom is -0.342 e. The number of rotatable bonds is 3. The van der Waals surface area contributed by atoms with Crippen LogP contribution in [0, 0.1) is 12.3 Å². The molecular formula is C25H26N4O. The van der Waals surface area contributed by atoms with E-state index in [9.17, 15) is 4.79 Å². The van der Waals surface area contributed by atoms with Gasteiger partial charge in [0.2, 0.25) is 0 Å². The smallest absolute Gasteiger partial charge is 0.167 e. The molecule has 0 amide bonds. The molecule has 1 aliphatic carbocycles. The maximum atomic E-state index is 13.6. The lowest BCUT2D eigenvalue weighted by Gasteiger charge is -2.40. The van der Waals surface area contributed by atoms with Crippen LogP contribution in [0.1, 0.15) is 44.9 Å². The number of hydrogen-bond acceptors (Lipinski definition) is 5. The van der Waals surface area contributed by atoms with Crippen molar-refractivity contribution in [3.63, 3.8) is 0 Å². The number of Topliss-reactive ketones (excluding diaryl/α,β-unsaturated/α-hetero) is 1. The summed E-state index contributed by atoms with van der Waals surface area (Å²) in [4.78, 5) is 17.9. The number of hydrogen-bond donors (Lipinski definition) is 1. The number of nitrogens with one attached hydrogen (secondary N) is 1. The SMILES string of the molecule is CC[C@@]1(c2cccc(-c3ccnc(C)c3)c2)C2=C(N=NC2)NC2=C1C(=O)C(C)(C)C2. The first-order chi connectivity index (χ1) is 14.4. The fourth-order valence-electron chi connectivity index (χ4n) is 5.29. The second kappa shape index (κ2) is 6.46. The lowest BCUT2D eigenvalue weighted by Crippen LogP contribution is -2.41. The number of aromatic nitrogens is 1. The molecule has 1 N–H and O–H groups in total. The topological polar surface area (TPSA) is 66.7 Å². The summed E-state index contributed by atoms with van der Waals surface area (Å²) in [6.45, 7) is 8.78. The quantitative estimate of drug-likeness (QED) is 0.769. The molecule has 1 aromatic carbocycles. The van der Waals surface area contributed by atoms with Crippen molar-refractivity contribution in [3.8, 4) is 11.1 Å². The van der Waals surface area contributed by atoms with Crippen molar-refractivity contribution in [2.75, 3.05) is 6.54 Å². The number of carbonyl (C=O) groups is 1. The summed E-state index contributed by atoms with van der Waals surface area (Å²) in [7, 11) is 0. The zero-order valence-electron chi connectivity index (χ0n) is 17.9. The second-order valence-corrected chi connectivity index (χ2v) is 9.12. The van der Waals surface area contributed by atoms with Crippen LogP contribution in [-0.4, -0.2) is 17.3 Å². The highest BCUT2D eigenvalue weighted by Gasteiger charge is 2.54. The van der Waals surface area contributed by atoms with Crippen LogP contribution in [-0.2, 0) is 10.2 Å². The molecule has 0 spiro atoms. The van der Waals surface area contributed by atoms with Gasteiger partial charge >= 0.3 is 0 Å². The number of nitrogens with zero attached hydrogens (tertiary/aromatic N) is 3. The first-order valence-electron chi connectivity index (χ1n) is 10.6. The van der Waals surface area contributed by atoms with Gasteiger partial charge < -0.3 is 5.32 Å². The summed E-state index contributed by atoms with van der Waals surface area (Å²) in [5.74, 6) is 1.06. The van der Waals surface area contributed by atoms with Gasteiger partial charge in [-0.15, -0.1) is 5.11 Å². The molecule has 5 rings (SSSR count). The molecule has 0 saturated heterocycles. The van der Waals surface area contributed by atoms with Crippen LogP contribution in [0.2, 0.25) is 0 Å². The third kappa shape index (κ3) is 2.54. The minimum absolute atomic E-state index is 0.232. The zero-order valence-corrected chi connectivity index (χ0v) is 17.9. The van der Waals surface area contributed by atoms with E-state index in [1.54, 1.807) is 0 Å². The molecular weight excluding hydrogens is 372 g/mol. The van der Waals surface area contributed by atoms with E-state index in [2.05, 4.69) is 57.8 Å². The summed E-state index contributed by atoms with van der Waals surface area (Å²) in [6, 6.07) is 12.7. The number of carbonyl (C=O) groups excluding carboxylic acids is 1. The summed E-state index contributed by atoms with van der Waals surface area (Å²) < 4.78 is 0. The van der Waals surface area contributed by atoms with E-state index >= 15 is 0 Å². The number of ketones is 1. The Morgan fingerprint density at radius 2 is 1.93 bits per heavy atom. The first kappa shape index (κ1) is 18.9. The van der Waals surface area contributed by atoms with E-state index in [0.717, 1.165) is 51.5 Å². The van der Waals surface area contributed by atoms with E-state index in [1.807, 2.05) is 33.0 Å². The highest BCUT2D eigenvalue weighted by atomic mass is 16.1. The molecule has 2 aromatic rings. The van der Waals surface area contributed by atoms with Gasteiger partial charge in [0.15, 0.2) is 11.6 Å². The zero-order chi connectivity index (χ0) is 21.1. The van der Waals surface area contributed by atoms with Gasteiger partial charge in [-0.05, 0) is 48.2 Å². The van der Waals surface area contributed by atoms with Crippen LogP contribution in [0.4, 0.5) is 0 Å². The Bertz CT molecular complexity index is 1170. The van der Waals surface area contributed by atoms with E-state index in [-0.39, 0.29) is 5.78 Å². The Morgan fingerprint density at radius 3 is 2.70 bits per heavy atom. The van der Waals surface area contributed by atoms with Gasteiger partial charge in [-0.3, -0.25) is 9.78 Å². The Hall–Kier alpha value is -3.08. The fourth-order valence-corrected chi connectivity index (χ4v) is 5.29. The third-order valence-corrected chi connectivity index (χ3v) is 6.77. The van der Waals surface area contributed by atoms with Gasteiger partial charge in [-0.2, -0.15) is 5.11 Å². The molecule has 0 bridgehead atoms. The first-order valence-corrected chi connectivity index (χ1v) is 10.6. The average molecular weight is 399 g/mol. The number of aryl methyl sites for hydroxylation is 1.